The third-order valence-corrected chi connectivity index (χ3v) is 2.10. The molecular weight excluding hydrogens is 212 g/mol. The number of methoxy groups -OCH3 is 1. The second-order valence-corrected chi connectivity index (χ2v) is 3.10. The zero-order valence-corrected chi connectivity index (χ0v) is 8.35. The summed E-state index contributed by atoms with van der Waals surface area (Å²) in [6, 6.07) is 4.80. The maximum absolute atomic E-state index is 11.3. The fourth-order valence-corrected chi connectivity index (χ4v) is 1.34. The van der Waals surface area contributed by atoms with E-state index in [2.05, 4.69) is 9.97 Å². The standard InChI is InChI=1S/C10H8N2O4/c1-16-5-2-3-6-7(4-5)12-9(13)8(11-6)10(14)15/h2-4H,1H3,(H,12,13)(H,14,15). The van der Waals surface area contributed by atoms with Crippen LogP contribution in [0.15, 0.2) is 23.0 Å². The summed E-state index contributed by atoms with van der Waals surface area (Å²) in [7, 11) is 1.50. The Kier molecular flexibility index (Phi) is 2.32. The van der Waals surface area contributed by atoms with Gasteiger partial charge in [0, 0.05) is 6.07 Å². The zero-order valence-electron chi connectivity index (χ0n) is 8.35. The molecule has 0 aliphatic rings. The van der Waals surface area contributed by atoms with Crippen molar-refractivity contribution in [2.75, 3.05) is 7.11 Å². The summed E-state index contributed by atoms with van der Waals surface area (Å²) in [5.41, 5.74) is -0.405. The van der Waals surface area contributed by atoms with E-state index in [1.54, 1.807) is 18.2 Å². The zero-order chi connectivity index (χ0) is 11.7. The number of nitrogens with zero attached hydrogens (tertiary/aromatic N) is 1. The number of fused-ring (bicyclic) bond motifs is 1. The van der Waals surface area contributed by atoms with E-state index in [9.17, 15) is 9.59 Å². The van der Waals surface area contributed by atoms with Gasteiger partial charge in [-0.3, -0.25) is 4.79 Å². The van der Waals surface area contributed by atoms with Crippen molar-refractivity contribution in [1.82, 2.24) is 9.97 Å². The molecule has 1 aromatic heterocycles. The SMILES string of the molecule is COc1ccc2nc(C(=O)O)c(=O)[nH]c2c1. The number of nitrogens with one attached hydrogen (secondary N) is 1. The fraction of sp³-hybridized carbons (Fsp3) is 0.100. The number of aromatic nitrogens is 2. The molecule has 0 atom stereocenters. The van der Waals surface area contributed by atoms with E-state index < -0.39 is 17.2 Å². The van der Waals surface area contributed by atoms with Crippen LogP contribution in [0.25, 0.3) is 11.0 Å². The van der Waals surface area contributed by atoms with E-state index in [4.69, 9.17) is 9.84 Å². The van der Waals surface area contributed by atoms with Gasteiger partial charge in [0.2, 0.25) is 5.69 Å². The number of benzene rings is 1. The topological polar surface area (TPSA) is 92.3 Å². The Hall–Kier alpha value is -2.37. The molecule has 0 fully saturated rings. The van der Waals surface area contributed by atoms with Crippen LogP contribution in [0.2, 0.25) is 0 Å². The van der Waals surface area contributed by atoms with Gasteiger partial charge in [-0.05, 0) is 12.1 Å². The number of H-pyrrole nitrogens is 1. The van der Waals surface area contributed by atoms with Crippen LogP contribution in [-0.4, -0.2) is 28.2 Å². The Morgan fingerprint density at radius 1 is 1.50 bits per heavy atom. The average Bonchev–Trinajstić information content (AvgIpc) is 2.27. The molecule has 1 heterocycles. The highest BCUT2D eigenvalue weighted by Crippen LogP contribution is 2.16. The predicted molar refractivity (Wildman–Crippen MR) is 55.9 cm³/mol. The van der Waals surface area contributed by atoms with E-state index in [1.165, 1.54) is 7.11 Å². The highest BCUT2D eigenvalue weighted by molar-refractivity contribution is 5.88. The van der Waals surface area contributed by atoms with Crippen LogP contribution in [0, 0.1) is 0 Å². The van der Waals surface area contributed by atoms with Gasteiger partial charge in [0.1, 0.15) is 5.75 Å². The van der Waals surface area contributed by atoms with Gasteiger partial charge in [-0.25, -0.2) is 9.78 Å². The number of carbonyl (C=O) groups is 1. The Bertz CT molecular complexity index is 618. The second-order valence-electron chi connectivity index (χ2n) is 3.10. The Balaban J connectivity index is 2.74. The van der Waals surface area contributed by atoms with E-state index in [0.29, 0.717) is 16.8 Å². The van der Waals surface area contributed by atoms with Crippen LogP contribution in [0.1, 0.15) is 10.5 Å². The highest BCUT2D eigenvalue weighted by atomic mass is 16.5. The number of aromatic carboxylic acids is 1. The lowest BCUT2D eigenvalue weighted by atomic mass is 10.2. The summed E-state index contributed by atoms with van der Waals surface area (Å²) in [5.74, 6) is -0.785. The van der Waals surface area contributed by atoms with Crippen molar-refractivity contribution in [3.63, 3.8) is 0 Å². The van der Waals surface area contributed by atoms with Crippen molar-refractivity contribution in [2.24, 2.45) is 0 Å². The van der Waals surface area contributed by atoms with E-state index in [1.807, 2.05) is 0 Å². The first kappa shape index (κ1) is 10.2. The van der Waals surface area contributed by atoms with Crippen molar-refractivity contribution in [1.29, 1.82) is 0 Å². The fourth-order valence-electron chi connectivity index (χ4n) is 1.34. The first-order chi connectivity index (χ1) is 7.61. The first-order valence-electron chi connectivity index (χ1n) is 4.43. The molecule has 2 rings (SSSR count). The lowest BCUT2D eigenvalue weighted by Crippen LogP contribution is -2.19. The third kappa shape index (κ3) is 1.60. The molecule has 82 valence electrons. The molecule has 0 radical (unpaired) electrons. The Morgan fingerprint density at radius 3 is 2.88 bits per heavy atom. The predicted octanol–water partition coefficient (Wildman–Crippen LogP) is 0.630. The van der Waals surface area contributed by atoms with Crippen molar-refractivity contribution in [3.8, 4) is 5.75 Å². The number of carboxylic acid groups (broad SMARTS) is 1. The third-order valence-electron chi connectivity index (χ3n) is 2.10. The quantitative estimate of drug-likeness (QED) is 0.774. The summed E-state index contributed by atoms with van der Waals surface area (Å²) in [4.78, 5) is 28.2. The highest BCUT2D eigenvalue weighted by Gasteiger charge is 2.11. The maximum atomic E-state index is 11.3. The number of hydrogen-bond donors (Lipinski definition) is 2. The number of ether oxygens (including phenoxy) is 1. The van der Waals surface area contributed by atoms with Gasteiger partial charge >= 0.3 is 5.97 Å². The van der Waals surface area contributed by atoms with Crippen molar-refractivity contribution >= 4 is 17.0 Å². The van der Waals surface area contributed by atoms with Crippen molar-refractivity contribution < 1.29 is 14.6 Å². The van der Waals surface area contributed by atoms with Gasteiger partial charge in [0.05, 0.1) is 18.1 Å². The maximum Gasteiger partial charge on any atom is 0.360 e. The number of hydrogen-bond acceptors (Lipinski definition) is 4. The molecular formula is C10H8N2O4. The molecule has 2 aromatic rings. The smallest absolute Gasteiger partial charge is 0.360 e. The van der Waals surface area contributed by atoms with E-state index in [0.717, 1.165) is 0 Å². The van der Waals surface area contributed by atoms with Gasteiger partial charge in [-0.1, -0.05) is 0 Å². The average molecular weight is 220 g/mol. The van der Waals surface area contributed by atoms with Crippen LogP contribution < -0.4 is 10.3 Å². The van der Waals surface area contributed by atoms with Crippen LogP contribution in [0.5, 0.6) is 5.75 Å². The van der Waals surface area contributed by atoms with Gasteiger partial charge in [-0.15, -0.1) is 0 Å². The Morgan fingerprint density at radius 2 is 2.25 bits per heavy atom. The first-order valence-corrected chi connectivity index (χ1v) is 4.43. The summed E-state index contributed by atoms with van der Waals surface area (Å²) >= 11 is 0. The molecule has 6 heteroatoms. The lowest BCUT2D eigenvalue weighted by Gasteiger charge is -2.02. The molecule has 0 bridgehead atoms. The van der Waals surface area contributed by atoms with Gasteiger partial charge in [-0.2, -0.15) is 0 Å². The molecule has 6 nitrogen and oxygen atoms in total. The lowest BCUT2D eigenvalue weighted by molar-refractivity contribution is 0.0689. The normalized spacial score (nSPS) is 10.3. The molecule has 0 spiro atoms. The summed E-state index contributed by atoms with van der Waals surface area (Å²) in [6.45, 7) is 0. The van der Waals surface area contributed by atoms with E-state index >= 15 is 0 Å². The van der Waals surface area contributed by atoms with Crippen LogP contribution in [0.4, 0.5) is 0 Å². The molecule has 0 aliphatic heterocycles. The molecule has 0 saturated heterocycles. The largest absolute Gasteiger partial charge is 0.497 e. The molecule has 0 aliphatic carbocycles. The van der Waals surface area contributed by atoms with Crippen molar-refractivity contribution in [2.45, 2.75) is 0 Å². The van der Waals surface area contributed by atoms with E-state index in [-0.39, 0.29) is 0 Å². The van der Waals surface area contributed by atoms with Gasteiger partial charge in [0.15, 0.2) is 0 Å². The minimum absolute atomic E-state index is 0.401. The molecule has 0 unspecified atom stereocenters. The van der Waals surface area contributed by atoms with Crippen LogP contribution in [-0.2, 0) is 0 Å². The minimum Gasteiger partial charge on any atom is -0.497 e. The number of carboxylic acids is 1. The number of rotatable bonds is 2. The molecule has 0 saturated carbocycles. The monoisotopic (exact) mass is 220 g/mol. The van der Waals surface area contributed by atoms with Gasteiger partial charge < -0.3 is 14.8 Å². The molecule has 16 heavy (non-hydrogen) atoms. The number of aromatic amines is 1. The Labute approximate surface area is 89.5 Å². The summed E-state index contributed by atoms with van der Waals surface area (Å²) in [6.07, 6.45) is 0. The molecule has 0 amide bonds. The second kappa shape index (κ2) is 3.65. The molecule has 2 N–H and O–H groups in total. The van der Waals surface area contributed by atoms with Crippen molar-refractivity contribution in [3.05, 3.63) is 34.2 Å². The summed E-state index contributed by atoms with van der Waals surface area (Å²) in [5, 5.41) is 8.72. The molecule has 1 aromatic carbocycles. The van der Waals surface area contributed by atoms with Gasteiger partial charge in [0.25, 0.3) is 5.56 Å². The minimum atomic E-state index is -1.35. The van der Waals surface area contributed by atoms with Crippen LogP contribution >= 0.6 is 0 Å². The van der Waals surface area contributed by atoms with Crippen LogP contribution in [0.3, 0.4) is 0 Å². The summed E-state index contributed by atoms with van der Waals surface area (Å²) < 4.78 is 4.97.